The van der Waals surface area contributed by atoms with Crippen molar-refractivity contribution in [3.05, 3.63) is 27.6 Å². The van der Waals surface area contributed by atoms with Crippen LogP contribution in [0.2, 0.25) is 0 Å². The van der Waals surface area contributed by atoms with E-state index in [1.54, 1.807) is 20.8 Å². The number of thiophene rings is 1. The molecule has 0 fully saturated rings. The van der Waals surface area contributed by atoms with Gasteiger partial charge in [0.25, 0.3) is 5.56 Å². The minimum Gasteiger partial charge on any atom is -0.461 e. The summed E-state index contributed by atoms with van der Waals surface area (Å²) >= 11 is 1.51. The molecule has 0 aliphatic rings. The smallest absolute Gasteiger partial charge is 0.329 e. The standard InChI is InChI=1S/C14H18N2O3S/c1-5-10-6-11-12(20-10)15-7-16(13(11)17)9(4)14(18)19-8(2)3/h6-9H,5H2,1-4H3/t9-/m0/s1. The van der Waals surface area contributed by atoms with Gasteiger partial charge in [-0.3, -0.25) is 9.36 Å². The predicted molar refractivity (Wildman–Crippen MR) is 79.2 cm³/mol. The number of carbonyl (C=O) groups is 1. The molecule has 0 bridgehead atoms. The SMILES string of the molecule is CCc1cc2c(=O)n([C@@H](C)C(=O)OC(C)C)cnc2s1. The number of aryl methyl sites for hydroxylation is 1. The number of rotatable bonds is 4. The molecule has 108 valence electrons. The second-order valence-corrected chi connectivity index (χ2v) is 6.02. The minimum atomic E-state index is -0.674. The van der Waals surface area contributed by atoms with E-state index in [-0.39, 0.29) is 11.7 Å². The van der Waals surface area contributed by atoms with Crippen molar-refractivity contribution in [3.8, 4) is 0 Å². The molecule has 0 saturated heterocycles. The van der Waals surface area contributed by atoms with Crippen molar-refractivity contribution < 1.29 is 9.53 Å². The van der Waals surface area contributed by atoms with E-state index in [2.05, 4.69) is 4.98 Å². The van der Waals surface area contributed by atoms with E-state index in [0.717, 1.165) is 11.3 Å². The van der Waals surface area contributed by atoms with Gasteiger partial charge in [-0.2, -0.15) is 0 Å². The van der Waals surface area contributed by atoms with E-state index >= 15 is 0 Å². The number of hydrogen-bond donors (Lipinski definition) is 0. The zero-order valence-electron chi connectivity index (χ0n) is 12.0. The van der Waals surface area contributed by atoms with Crippen molar-refractivity contribution in [2.45, 2.75) is 46.3 Å². The number of fused-ring (bicyclic) bond motifs is 1. The van der Waals surface area contributed by atoms with Crippen molar-refractivity contribution in [2.24, 2.45) is 0 Å². The van der Waals surface area contributed by atoms with Crippen LogP contribution in [0, 0.1) is 0 Å². The maximum atomic E-state index is 12.4. The molecule has 0 aliphatic heterocycles. The van der Waals surface area contributed by atoms with Crippen LogP contribution in [0.4, 0.5) is 0 Å². The zero-order chi connectivity index (χ0) is 14.9. The molecule has 0 spiro atoms. The monoisotopic (exact) mass is 294 g/mol. The molecule has 20 heavy (non-hydrogen) atoms. The number of hydrogen-bond acceptors (Lipinski definition) is 5. The summed E-state index contributed by atoms with van der Waals surface area (Å²) in [6.07, 6.45) is 2.09. The first-order chi connectivity index (χ1) is 9.43. The molecule has 0 saturated carbocycles. The lowest BCUT2D eigenvalue weighted by Gasteiger charge is -2.15. The van der Waals surface area contributed by atoms with Gasteiger partial charge in [0.2, 0.25) is 0 Å². The average molecular weight is 294 g/mol. The summed E-state index contributed by atoms with van der Waals surface area (Å²) in [6, 6.07) is 1.18. The molecular weight excluding hydrogens is 276 g/mol. The Morgan fingerprint density at radius 2 is 2.15 bits per heavy atom. The minimum absolute atomic E-state index is 0.195. The highest BCUT2D eigenvalue weighted by Gasteiger charge is 2.20. The van der Waals surface area contributed by atoms with Crippen LogP contribution in [0.5, 0.6) is 0 Å². The summed E-state index contributed by atoms with van der Waals surface area (Å²) in [7, 11) is 0. The quantitative estimate of drug-likeness (QED) is 0.813. The lowest BCUT2D eigenvalue weighted by Crippen LogP contribution is -2.30. The Morgan fingerprint density at radius 1 is 1.45 bits per heavy atom. The van der Waals surface area contributed by atoms with Gasteiger partial charge < -0.3 is 4.74 Å². The van der Waals surface area contributed by atoms with E-state index < -0.39 is 12.0 Å². The molecule has 2 aromatic rings. The van der Waals surface area contributed by atoms with Crippen molar-refractivity contribution in [2.75, 3.05) is 0 Å². The molecule has 0 aromatic carbocycles. The zero-order valence-corrected chi connectivity index (χ0v) is 12.9. The highest BCUT2D eigenvalue weighted by atomic mass is 32.1. The molecule has 0 unspecified atom stereocenters. The van der Waals surface area contributed by atoms with Crippen LogP contribution in [0.1, 0.15) is 38.6 Å². The normalized spacial score (nSPS) is 12.8. The molecule has 5 nitrogen and oxygen atoms in total. The summed E-state index contributed by atoms with van der Waals surface area (Å²) in [5.41, 5.74) is -0.195. The molecule has 0 amide bonds. The van der Waals surface area contributed by atoms with Gasteiger partial charge in [0, 0.05) is 4.88 Å². The molecule has 2 aromatic heterocycles. The van der Waals surface area contributed by atoms with Crippen molar-refractivity contribution in [3.63, 3.8) is 0 Å². The van der Waals surface area contributed by atoms with Gasteiger partial charge in [-0.15, -0.1) is 11.3 Å². The van der Waals surface area contributed by atoms with Gasteiger partial charge in [0.1, 0.15) is 10.9 Å². The van der Waals surface area contributed by atoms with E-state index in [1.165, 1.54) is 22.2 Å². The first-order valence-electron chi connectivity index (χ1n) is 6.64. The van der Waals surface area contributed by atoms with E-state index in [4.69, 9.17) is 4.74 Å². The van der Waals surface area contributed by atoms with E-state index in [1.807, 2.05) is 13.0 Å². The molecule has 2 heterocycles. The van der Waals surface area contributed by atoms with Crippen LogP contribution in [0.3, 0.4) is 0 Å². The first-order valence-corrected chi connectivity index (χ1v) is 7.45. The van der Waals surface area contributed by atoms with Crippen molar-refractivity contribution in [1.82, 2.24) is 9.55 Å². The van der Waals surface area contributed by atoms with Gasteiger partial charge >= 0.3 is 5.97 Å². The van der Waals surface area contributed by atoms with Gasteiger partial charge in [-0.25, -0.2) is 9.78 Å². The number of ether oxygens (including phenoxy) is 1. The largest absolute Gasteiger partial charge is 0.461 e. The molecule has 1 atom stereocenters. The van der Waals surface area contributed by atoms with E-state index in [9.17, 15) is 9.59 Å². The van der Waals surface area contributed by atoms with Gasteiger partial charge in [-0.05, 0) is 33.3 Å². The van der Waals surface area contributed by atoms with Gasteiger partial charge in [0.15, 0.2) is 0 Å². The van der Waals surface area contributed by atoms with Crippen LogP contribution in [0.15, 0.2) is 17.2 Å². The molecule has 0 N–H and O–H groups in total. The highest BCUT2D eigenvalue weighted by Crippen LogP contribution is 2.21. The number of aromatic nitrogens is 2. The Kier molecular flexibility index (Phi) is 4.23. The Bertz CT molecular complexity index is 687. The number of esters is 1. The topological polar surface area (TPSA) is 61.2 Å². The molecule has 2 rings (SSSR count). The van der Waals surface area contributed by atoms with Crippen LogP contribution in [-0.2, 0) is 16.0 Å². The maximum Gasteiger partial charge on any atom is 0.329 e. The fourth-order valence-electron chi connectivity index (χ4n) is 1.88. The van der Waals surface area contributed by atoms with Crippen LogP contribution in [0.25, 0.3) is 10.2 Å². The Morgan fingerprint density at radius 3 is 2.75 bits per heavy atom. The molecule has 0 radical (unpaired) electrons. The fraction of sp³-hybridized carbons (Fsp3) is 0.500. The lowest BCUT2D eigenvalue weighted by molar-refractivity contribution is -0.151. The van der Waals surface area contributed by atoms with Crippen LogP contribution in [-0.4, -0.2) is 21.6 Å². The summed E-state index contributed by atoms with van der Waals surface area (Å²) in [4.78, 5) is 30.4. The predicted octanol–water partition coefficient (Wildman–Crippen LogP) is 2.53. The van der Waals surface area contributed by atoms with Crippen molar-refractivity contribution in [1.29, 1.82) is 0 Å². The molecule has 6 heteroatoms. The summed E-state index contributed by atoms with van der Waals surface area (Å²) in [6.45, 7) is 7.24. The third kappa shape index (κ3) is 2.75. The average Bonchev–Trinajstić information content (AvgIpc) is 2.81. The number of carbonyl (C=O) groups excluding carboxylic acids is 1. The molecular formula is C14H18N2O3S. The third-order valence-electron chi connectivity index (χ3n) is 2.99. The summed E-state index contributed by atoms with van der Waals surface area (Å²) in [5.74, 6) is -0.422. The molecule has 0 aliphatic carbocycles. The van der Waals surface area contributed by atoms with E-state index in [0.29, 0.717) is 10.2 Å². The van der Waals surface area contributed by atoms with Crippen LogP contribution >= 0.6 is 11.3 Å². The maximum absolute atomic E-state index is 12.4. The Hall–Kier alpha value is -1.69. The second kappa shape index (κ2) is 5.75. The van der Waals surface area contributed by atoms with Gasteiger partial charge in [0.05, 0.1) is 17.8 Å². The Labute approximate surface area is 121 Å². The van der Waals surface area contributed by atoms with Crippen molar-refractivity contribution >= 4 is 27.5 Å². The third-order valence-corrected chi connectivity index (χ3v) is 4.17. The first kappa shape index (κ1) is 14.7. The fourth-order valence-corrected chi connectivity index (χ4v) is 2.81. The van der Waals surface area contributed by atoms with Crippen LogP contribution < -0.4 is 5.56 Å². The highest BCUT2D eigenvalue weighted by molar-refractivity contribution is 7.18. The lowest BCUT2D eigenvalue weighted by atomic mass is 10.3. The Balaban J connectivity index is 2.42. The van der Waals surface area contributed by atoms with Gasteiger partial charge in [-0.1, -0.05) is 6.92 Å². The number of nitrogens with zero attached hydrogens (tertiary/aromatic N) is 2. The second-order valence-electron chi connectivity index (χ2n) is 4.90. The summed E-state index contributed by atoms with van der Waals surface area (Å²) in [5, 5.41) is 0.568. The summed E-state index contributed by atoms with van der Waals surface area (Å²) < 4.78 is 6.47.